The van der Waals surface area contributed by atoms with Crippen LogP contribution in [0.25, 0.3) is 0 Å². The number of hydrogen-bond acceptors (Lipinski definition) is 3. The molecule has 3 N–H and O–H groups in total. The molecular weight excluding hydrogens is 295 g/mol. The highest BCUT2D eigenvalue weighted by Gasteiger charge is 2.19. The van der Waals surface area contributed by atoms with Gasteiger partial charge < -0.3 is 5.32 Å². The molecule has 0 aromatic heterocycles. The standard InChI is InChI=1S/C14H21FN2O3S/c1-4-10(5-2)9(3)17-14(18)11-6-12(15)8-13(7-11)21(16,19)20/h6-10H,4-5H2,1-3H3,(H,17,18)(H2,16,19,20). The molecule has 0 heterocycles. The molecule has 118 valence electrons. The molecule has 0 aliphatic heterocycles. The third-order valence-corrected chi connectivity index (χ3v) is 4.47. The number of carbonyl (C=O) groups is 1. The molecule has 1 atom stereocenters. The summed E-state index contributed by atoms with van der Waals surface area (Å²) in [6, 6.07) is 2.77. The third kappa shape index (κ3) is 4.78. The number of nitrogens with one attached hydrogen (secondary N) is 1. The summed E-state index contributed by atoms with van der Waals surface area (Å²) in [5.41, 5.74) is -0.0585. The van der Waals surface area contributed by atoms with E-state index in [9.17, 15) is 17.6 Å². The Morgan fingerprint density at radius 1 is 1.29 bits per heavy atom. The molecule has 0 aliphatic carbocycles. The van der Waals surface area contributed by atoms with Crippen molar-refractivity contribution in [2.24, 2.45) is 11.1 Å². The summed E-state index contributed by atoms with van der Waals surface area (Å²) in [5, 5.41) is 7.72. The molecule has 1 unspecified atom stereocenters. The van der Waals surface area contributed by atoms with Gasteiger partial charge in [-0.15, -0.1) is 0 Å². The van der Waals surface area contributed by atoms with E-state index in [1.807, 2.05) is 20.8 Å². The Kier molecular flexibility index (Phi) is 5.86. The van der Waals surface area contributed by atoms with Gasteiger partial charge in [-0.1, -0.05) is 26.7 Å². The number of halogens is 1. The zero-order valence-electron chi connectivity index (χ0n) is 12.4. The first kappa shape index (κ1) is 17.6. The highest BCUT2D eigenvalue weighted by molar-refractivity contribution is 7.89. The van der Waals surface area contributed by atoms with Gasteiger partial charge in [-0.25, -0.2) is 17.9 Å². The first-order chi connectivity index (χ1) is 9.68. The van der Waals surface area contributed by atoms with Crippen LogP contribution in [0.1, 0.15) is 44.0 Å². The molecule has 1 aromatic carbocycles. The van der Waals surface area contributed by atoms with Gasteiger partial charge in [0.15, 0.2) is 0 Å². The topological polar surface area (TPSA) is 89.3 Å². The lowest BCUT2D eigenvalue weighted by Crippen LogP contribution is -2.37. The fourth-order valence-electron chi connectivity index (χ4n) is 2.26. The summed E-state index contributed by atoms with van der Waals surface area (Å²) in [5.74, 6) is -1.03. The van der Waals surface area contributed by atoms with E-state index in [4.69, 9.17) is 5.14 Å². The first-order valence-electron chi connectivity index (χ1n) is 6.83. The van der Waals surface area contributed by atoms with Crippen LogP contribution >= 0.6 is 0 Å². The second-order valence-corrected chi connectivity index (χ2v) is 6.62. The second-order valence-electron chi connectivity index (χ2n) is 5.06. The summed E-state index contributed by atoms with van der Waals surface area (Å²) >= 11 is 0. The first-order valence-corrected chi connectivity index (χ1v) is 8.37. The van der Waals surface area contributed by atoms with E-state index in [0.29, 0.717) is 5.92 Å². The quantitative estimate of drug-likeness (QED) is 0.841. The zero-order chi connectivity index (χ0) is 16.2. The zero-order valence-corrected chi connectivity index (χ0v) is 13.2. The number of nitrogens with two attached hydrogens (primary N) is 1. The number of primary sulfonamides is 1. The van der Waals surface area contributed by atoms with E-state index in [0.717, 1.165) is 31.0 Å². The number of rotatable bonds is 6. The van der Waals surface area contributed by atoms with E-state index in [-0.39, 0.29) is 11.6 Å². The van der Waals surface area contributed by atoms with Crippen molar-refractivity contribution in [3.8, 4) is 0 Å². The average molecular weight is 316 g/mol. The van der Waals surface area contributed by atoms with Gasteiger partial charge in [0.1, 0.15) is 5.82 Å². The van der Waals surface area contributed by atoms with Crippen molar-refractivity contribution in [2.75, 3.05) is 0 Å². The number of hydrogen-bond donors (Lipinski definition) is 2. The third-order valence-electron chi connectivity index (χ3n) is 3.58. The lowest BCUT2D eigenvalue weighted by atomic mass is 9.95. The summed E-state index contributed by atoms with van der Waals surface area (Å²) in [7, 11) is -4.06. The molecule has 0 saturated carbocycles. The number of sulfonamides is 1. The van der Waals surface area contributed by atoms with Crippen LogP contribution in [-0.4, -0.2) is 20.4 Å². The van der Waals surface area contributed by atoms with Crippen LogP contribution in [0.5, 0.6) is 0 Å². The Hall–Kier alpha value is -1.47. The average Bonchev–Trinajstić information content (AvgIpc) is 2.38. The van der Waals surface area contributed by atoms with Crippen LogP contribution in [0.3, 0.4) is 0 Å². The largest absolute Gasteiger partial charge is 0.349 e. The minimum atomic E-state index is -4.06. The lowest BCUT2D eigenvalue weighted by Gasteiger charge is -2.22. The van der Waals surface area contributed by atoms with Gasteiger partial charge in [0.25, 0.3) is 5.91 Å². The van der Waals surface area contributed by atoms with Gasteiger partial charge in [-0.2, -0.15) is 0 Å². The van der Waals surface area contributed by atoms with Crippen molar-refractivity contribution in [1.82, 2.24) is 5.32 Å². The Morgan fingerprint density at radius 3 is 2.33 bits per heavy atom. The summed E-state index contributed by atoms with van der Waals surface area (Å²) in [4.78, 5) is 11.7. The maximum atomic E-state index is 13.4. The van der Waals surface area contributed by atoms with E-state index in [2.05, 4.69) is 5.32 Å². The van der Waals surface area contributed by atoms with Crippen LogP contribution in [0.2, 0.25) is 0 Å². The van der Waals surface area contributed by atoms with E-state index < -0.39 is 26.6 Å². The highest BCUT2D eigenvalue weighted by Crippen LogP contribution is 2.16. The van der Waals surface area contributed by atoms with E-state index in [1.165, 1.54) is 0 Å². The summed E-state index contributed by atoms with van der Waals surface area (Å²) < 4.78 is 36.0. The summed E-state index contributed by atoms with van der Waals surface area (Å²) in [6.45, 7) is 5.92. The second kappa shape index (κ2) is 7.00. The predicted molar refractivity (Wildman–Crippen MR) is 78.8 cm³/mol. The Labute approximate surface area is 124 Å². The van der Waals surface area contributed by atoms with Crippen molar-refractivity contribution >= 4 is 15.9 Å². The highest BCUT2D eigenvalue weighted by atomic mass is 32.2. The molecule has 7 heteroatoms. The van der Waals surface area contributed by atoms with Crippen LogP contribution in [0.4, 0.5) is 4.39 Å². The van der Waals surface area contributed by atoms with Gasteiger partial charge in [-0.05, 0) is 31.0 Å². The van der Waals surface area contributed by atoms with Gasteiger partial charge in [0.2, 0.25) is 10.0 Å². The molecule has 0 saturated heterocycles. The van der Waals surface area contributed by atoms with Gasteiger partial charge >= 0.3 is 0 Å². The lowest BCUT2D eigenvalue weighted by molar-refractivity contribution is 0.0924. The molecule has 0 radical (unpaired) electrons. The molecule has 0 spiro atoms. The molecule has 1 amide bonds. The maximum Gasteiger partial charge on any atom is 0.251 e. The fourth-order valence-corrected chi connectivity index (χ4v) is 2.83. The van der Waals surface area contributed by atoms with Crippen molar-refractivity contribution in [3.05, 3.63) is 29.6 Å². The summed E-state index contributed by atoms with van der Waals surface area (Å²) in [6.07, 6.45) is 1.81. The van der Waals surface area contributed by atoms with Crippen LogP contribution in [0.15, 0.2) is 23.1 Å². The maximum absolute atomic E-state index is 13.4. The van der Waals surface area contributed by atoms with Crippen LogP contribution < -0.4 is 10.5 Å². The van der Waals surface area contributed by atoms with Gasteiger partial charge in [0, 0.05) is 11.6 Å². The number of amides is 1. The minimum Gasteiger partial charge on any atom is -0.349 e. The van der Waals surface area contributed by atoms with Crippen LogP contribution in [0, 0.1) is 11.7 Å². The number of carbonyl (C=O) groups excluding carboxylic acids is 1. The Bertz CT molecular complexity index is 613. The van der Waals surface area contributed by atoms with Crippen molar-refractivity contribution in [2.45, 2.75) is 44.6 Å². The van der Waals surface area contributed by atoms with Gasteiger partial charge in [-0.3, -0.25) is 4.79 Å². The van der Waals surface area contributed by atoms with Crippen molar-refractivity contribution in [3.63, 3.8) is 0 Å². The SMILES string of the molecule is CCC(CC)C(C)NC(=O)c1cc(F)cc(S(N)(=O)=O)c1. The number of benzene rings is 1. The molecule has 21 heavy (non-hydrogen) atoms. The molecular formula is C14H21FN2O3S. The smallest absolute Gasteiger partial charge is 0.251 e. The van der Waals surface area contributed by atoms with Crippen molar-refractivity contribution < 1.29 is 17.6 Å². The van der Waals surface area contributed by atoms with Crippen LogP contribution in [-0.2, 0) is 10.0 Å². The molecule has 0 aliphatic rings. The minimum absolute atomic E-state index is 0.0585. The van der Waals surface area contributed by atoms with E-state index in [1.54, 1.807) is 0 Å². The van der Waals surface area contributed by atoms with Gasteiger partial charge in [0.05, 0.1) is 4.90 Å². The van der Waals surface area contributed by atoms with Crippen molar-refractivity contribution in [1.29, 1.82) is 0 Å². The Morgan fingerprint density at radius 2 is 1.86 bits per heavy atom. The molecule has 0 bridgehead atoms. The normalized spacial score (nSPS) is 13.2. The molecule has 5 nitrogen and oxygen atoms in total. The van der Waals surface area contributed by atoms with E-state index >= 15 is 0 Å². The molecule has 1 rings (SSSR count). The predicted octanol–water partition coefficient (Wildman–Crippen LogP) is 2.03. The Balaban J connectivity index is 3.01. The monoisotopic (exact) mass is 316 g/mol. The molecule has 0 fully saturated rings. The molecule has 1 aromatic rings. The fraction of sp³-hybridized carbons (Fsp3) is 0.500.